The number of methoxy groups -OCH3 is 1. The van der Waals surface area contributed by atoms with E-state index < -0.39 is 12.9 Å². The van der Waals surface area contributed by atoms with Gasteiger partial charge >= 0.3 is 0 Å². The normalized spacial score (nSPS) is 14.6. The number of carbonyl (C=O) groups is 2. The lowest BCUT2D eigenvalue weighted by Gasteiger charge is -2.15. The zero-order chi connectivity index (χ0) is 25.2. The van der Waals surface area contributed by atoms with Crippen LogP contribution >= 0.6 is 0 Å². The molecule has 1 aromatic carbocycles. The maximum Gasteiger partial charge on any atom is 0.273 e. The molecule has 2 aromatic heterocycles. The zero-order valence-electron chi connectivity index (χ0n) is 20.4. The number of rotatable bonds is 8. The van der Waals surface area contributed by atoms with Crippen LogP contribution in [0.15, 0.2) is 28.8 Å². The van der Waals surface area contributed by atoms with Crippen LogP contribution in [-0.2, 0) is 11.2 Å². The van der Waals surface area contributed by atoms with Crippen molar-refractivity contribution in [1.29, 1.82) is 0 Å². The van der Waals surface area contributed by atoms with Crippen molar-refractivity contribution in [3.63, 3.8) is 0 Å². The molecule has 1 aliphatic carbocycles. The largest absolute Gasteiger partial charge is 0.494 e. The number of anilines is 3. The maximum atomic E-state index is 12.6. The number of hydrogen-bond acceptors (Lipinski definition) is 9. The van der Waals surface area contributed by atoms with Gasteiger partial charge in [0, 0.05) is 29.5 Å². The van der Waals surface area contributed by atoms with E-state index in [1.54, 1.807) is 18.2 Å². The van der Waals surface area contributed by atoms with E-state index in [0.717, 1.165) is 12.8 Å². The summed E-state index contributed by atoms with van der Waals surface area (Å²) >= 11 is 0. The van der Waals surface area contributed by atoms with Crippen LogP contribution in [0.3, 0.4) is 0 Å². The maximum absolute atomic E-state index is 12.6. The Morgan fingerprint density at radius 3 is 2.81 bits per heavy atom. The Labute approximate surface area is 188 Å². The molecule has 4 rings (SSSR count). The van der Waals surface area contributed by atoms with Crippen LogP contribution in [0.1, 0.15) is 40.2 Å². The number of para-hydroxylation sites is 1. The van der Waals surface area contributed by atoms with Crippen molar-refractivity contribution in [2.75, 3.05) is 24.7 Å². The van der Waals surface area contributed by atoms with Gasteiger partial charge in [-0.25, -0.2) is 0 Å². The molecule has 3 aromatic rings. The van der Waals surface area contributed by atoms with Gasteiger partial charge in [0.25, 0.3) is 11.8 Å². The predicted octanol–water partition coefficient (Wildman–Crippen LogP) is 2.55. The molecule has 0 spiro atoms. The van der Waals surface area contributed by atoms with E-state index in [0.29, 0.717) is 29.2 Å². The summed E-state index contributed by atoms with van der Waals surface area (Å²) in [5, 5.41) is 19.2. The number of hydrogen-bond donors (Lipinski definition) is 3. The Kier molecular flexibility index (Phi) is 4.96. The summed E-state index contributed by atoms with van der Waals surface area (Å²) in [6.07, 6.45) is 2.18. The minimum Gasteiger partial charge on any atom is -0.494 e. The van der Waals surface area contributed by atoms with Gasteiger partial charge in [0.15, 0.2) is 23.1 Å². The van der Waals surface area contributed by atoms with E-state index in [2.05, 4.69) is 31.0 Å². The lowest BCUT2D eigenvalue weighted by molar-refractivity contribution is -0.117. The van der Waals surface area contributed by atoms with Crippen molar-refractivity contribution >= 4 is 29.0 Å². The molecule has 2 heterocycles. The number of nitrogens with one attached hydrogen (secondary N) is 3. The van der Waals surface area contributed by atoms with Gasteiger partial charge in [0.1, 0.15) is 0 Å². The first kappa shape index (κ1) is 17.6. The summed E-state index contributed by atoms with van der Waals surface area (Å²) in [5.74, 6) is -0.0413. The second kappa shape index (κ2) is 9.00. The van der Waals surface area contributed by atoms with E-state index in [1.807, 2.05) is 12.2 Å². The van der Waals surface area contributed by atoms with Crippen LogP contribution in [0.2, 0.25) is 0 Å². The fraction of sp³-hybridized carbons (Fsp3) is 0.333. The third-order valence-electron chi connectivity index (χ3n) is 4.83. The van der Waals surface area contributed by atoms with Crippen molar-refractivity contribution in [2.24, 2.45) is 5.92 Å². The van der Waals surface area contributed by atoms with Crippen molar-refractivity contribution in [3.05, 3.63) is 35.8 Å². The van der Waals surface area contributed by atoms with E-state index in [4.69, 9.17) is 13.4 Å². The van der Waals surface area contributed by atoms with Gasteiger partial charge in [-0.15, -0.1) is 10.2 Å². The SMILES string of the molecule is [2H]C([2H])([2H])NC(=O)c1nnc(NC(=O)C2CC2)cc1Nc1cccc(-c2nc(CC)no2)c1OC. The number of ether oxygens (including phenoxy) is 1. The molecule has 0 aliphatic heterocycles. The van der Waals surface area contributed by atoms with E-state index in [9.17, 15) is 9.59 Å². The minimum absolute atomic E-state index is 0.0778. The molecule has 11 heteroatoms. The highest BCUT2D eigenvalue weighted by atomic mass is 16.5. The molecule has 32 heavy (non-hydrogen) atoms. The van der Waals surface area contributed by atoms with Crippen molar-refractivity contribution in [1.82, 2.24) is 25.7 Å². The number of amides is 2. The van der Waals surface area contributed by atoms with Gasteiger partial charge < -0.3 is 25.2 Å². The van der Waals surface area contributed by atoms with E-state index in [-0.39, 0.29) is 34.9 Å². The molecule has 1 fully saturated rings. The van der Waals surface area contributed by atoms with Crippen LogP contribution in [0.4, 0.5) is 17.2 Å². The number of benzene rings is 1. The van der Waals surface area contributed by atoms with Crippen LogP contribution in [0.5, 0.6) is 5.75 Å². The predicted molar refractivity (Wildman–Crippen MR) is 116 cm³/mol. The molecule has 1 saturated carbocycles. The van der Waals surface area contributed by atoms with Crippen LogP contribution < -0.4 is 20.7 Å². The quantitative estimate of drug-likeness (QED) is 0.481. The molecule has 0 atom stereocenters. The number of carbonyl (C=O) groups excluding carboxylic acids is 2. The van der Waals surface area contributed by atoms with Gasteiger partial charge in [-0.2, -0.15) is 4.98 Å². The van der Waals surface area contributed by atoms with Crippen molar-refractivity contribution < 1.29 is 23.0 Å². The second-order valence-corrected chi connectivity index (χ2v) is 7.09. The minimum atomic E-state index is -2.73. The van der Waals surface area contributed by atoms with E-state index in [1.165, 1.54) is 13.2 Å². The monoisotopic (exact) mass is 440 g/mol. The Morgan fingerprint density at radius 2 is 2.12 bits per heavy atom. The average Bonchev–Trinajstić information content (AvgIpc) is 3.55. The van der Waals surface area contributed by atoms with Crippen LogP contribution in [0, 0.1) is 5.92 Å². The summed E-state index contributed by atoms with van der Waals surface area (Å²) < 4.78 is 32.9. The first-order valence-corrected chi connectivity index (χ1v) is 9.96. The van der Waals surface area contributed by atoms with Crippen LogP contribution in [0.25, 0.3) is 11.5 Å². The Hall–Kier alpha value is -4.02. The fourth-order valence-electron chi connectivity index (χ4n) is 3.02. The third-order valence-corrected chi connectivity index (χ3v) is 4.83. The first-order chi connectivity index (χ1) is 16.7. The molecule has 166 valence electrons. The highest BCUT2D eigenvalue weighted by molar-refractivity contribution is 6.00. The number of aromatic nitrogens is 4. The van der Waals surface area contributed by atoms with Gasteiger partial charge in [0.2, 0.25) is 5.91 Å². The molecular formula is C21H23N7O4. The molecule has 1 aliphatic rings. The summed E-state index contributed by atoms with van der Waals surface area (Å²) in [4.78, 5) is 29.1. The standard InChI is InChI=1S/C21H23N7O4/c1-4-15-25-21(32-28-15)12-6-5-7-13(18(12)31-3)23-14-10-16(24-19(29)11-8-9-11)26-27-17(14)20(30)22-2/h5-7,10-11H,4,8-9H2,1-3H3,(H,22,30)(H2,23,24,26,29)/i2D3. The van der Waals surface area contributed by atoms with Crippen molar-refractivity contribution in [2.45, 2.75) is 26.2 Å². The molecule has 2 amide bonds. The van der Waals surface area contributed by atoms with E-state index >= 15 is 0 Å². The number of nitrogens with zero attached hydrogens (tertiary/aromatic N) is 4. The van der Waals surface area contributed by atoms with Crippen molar-refractivity contribution in [3.8, 4) is 17.2 Å². The average molecular weight is 440 g/mol. The lowest BCUT2D eigenvalue weighted by atomic mass is 10.1. The molecule has 0 bridgehead atoms. The van der Waals surface area contributed by atoms with Gasteiger partial charge in [-0.1, -0.05) is 18.1 Å². The summed E-state index contributed by atoms with van der Waals surface area (Å²) in [5.41, 5.74) is 0.714. The lowest BCUT2D eigenvalue weighted by Crippen LogP contribution is -2.22. The summed E-state index contributed by atoms with van der Waals surface area (Å²) in [6.45, 7) is -0.840. The molecule has 0 radical (unpaired) electrons. The topological polar surface area (TPSA) is 144 Å². The second-order valence-electron chi connectivity index (χ2n) is 7.09. The molecular weight excluding hydrogens is 414 g/mol. The highest BCUT2D eigenvalue weighted by Crippen LogP contribution is 2.38. The van der Waals surface area contributed by atoms with Gasteiger partial charge in [-0.05, 0) is 25.0 Å². The number of aryl methyl sites for hydroxylation is 1. The molecule has 0 saturated heterocycles. The van der Waals surface area contributed by atoms with Gasteiger partial charge in [-0.3, -0.25) is 9.59 Å². The molecule has 11 nitrogen and oxygen atoms in total. The molecule has 3 N–H and O–H groups in total. The smallest absolute Gasteiger partial charge is 0.273 e. The highest BCUT2D eigenvalue weighted by Gasteiger charge is 2.30. The first-order valence-electron chi connectivity index (χ1n) is 11.5. The Morgan fingerprint density at radius 1 is 1.28 bits per heavy atom. The molecule has 0 unspecified atom stereocenters. The summed E-state index contributed by atoms with van der Waals surface area (Å²) in [6, 6.07) is 6.51. The summed E-state index contributed by atoms with van der Waals surface area (Å²) in [7, 11) is 1.45. The third kappa shape index (κ3) is 4.36. The van der Waals surface area contributed by atoms with Gasteiger partial charge in [0.05, 0.1) is 24.0 Å². The van der Waals surface area contributed by atoms with Crippen LogP contribution in [-0.4, -0.2) is 46.2 Å². The Bertz CT molecular complexity index is 1260. The zero-order valence-corrected chi connectivity index (χ0v) is 17.4. The Balaban J connectivity index is 1.72. The fourth-order valence-corrected chi connectivity index (χ4v) is 3.02.